The highest BCUT2D eigenvalue weighted by atomic mass is 35.5. The van der Waals surface area contributed by atoms with Crippen molar-refractivity contribution in [2.45, 2.75) is 32.2 Å². The molecule has 22 heavy (non-hydrogen) atoms. The number of nitro benzene ring substituents is 1. The zero-order chi connectivity index (χ0) is 16.3. The van der Waals surface area contributed by atoms with Gasteiger partial charge in [0, 0.05) is 31.3 Å². The van der Waals surface area contributed by atoms with Crippen LogP contribution in [-0.2, 0) is 11.2 Å². The number of halogens is 1. The molecule has 1 aromatic rings. The fourth-order valence-corrected chi connectivity index (χ4v) is 3.10. The average molecular weight is 326 g/mol. The second-order valence-corrected chi connectivity index (χ2v) is 6.22. The van der Waals surface area contributed by atoms with Gasteiger partial charge in [-0.3, -0.25) is 14.9 Å². The molecule has 0 spiro atoms. The second-order valence-electron chi connectivity index (χ2n) is 5.82. The molecule has 1 aromatic carbocycles. The summed E-state index contributed by atoms with van der Waals surface area (Å²) < 4.78 is 0. The molecule has 0 aliphatic carbocycles. The van der Waals surface area contributed by atoms with Crippen molar-refractivity contribution < 1.29 is 9.72 Å². The number of nitro groups is 1. The van der Waals surface area contributed by atoms with E-state index >= 15 is 0 Å². The van der Waals surface area contributed by atoms with Gasteiger partial charge in [-0.1, -0.05) is 24.6 Å². The molecule has 2 unspecified atom stereocenters. The molecule has 0 aromatic heterocycles. The zero-order valence-electron chi connectivity index (χ0n) is 12.5. The molecule has 0 bridgehead atoms. The van der Waals surface area contributed by atoms with Crippen LogP contribution in [0.2, 0.25) is 5.02 Å². The maximum Gasteiger partial charge on any atom is 0.270 e. The van der Waals surface area contributed by atoms with Crippen molar-refractivity contribution in [2.75, 3.05) is 13.1 Å². The number of nitrogens with zero attached hydrogens (tertiary/aromatic N) is 2. The Labute approximate surface area is 134 Å². The minimum Gasteiger partial charge on any atom is -0.338 e. The van der Waals surface area contributed by atoms with Crippen molar-refractivity contribution in [2.24, 2.45) is 11.7 Å². The largest absolute Gasteiger partial charge is 0.338 e. The van der Waals surface area contributed by atoms with Crippen LogP contribution in [0.15, 0.2) is 18.2 Å². The average Bonchev–Trinajstić information content (AvgIpc) is 2.48. The standard InChI is InChI=1S/C15H20ClN3O3/c1-10-4-5-18(13(6-10)9-17)15(20)7-11-2-3-12(19(21)22)8-14(11)16/h2-3,8,10,13H,4-7,9,17H2,1H3. The van der Waals surface area contributed by atoms with Crippen molar-refractivity contribution in [3.8, 4) is 0 Å². The van der Waals surface area contributed by atoms with Gasteiger partial charge in [-0.2, -0.15) is 0 Å². The van der Waals surface area contributed by atoms with E-state index in [-0.39, 0.29) is 29.1 Å². The van der Waals surface area contributed by atoms with Crippen molar-refractivity contribution in [3.05, 3.63) is 38.9 Å². The van der Waals surface area contributed by atoms with Crippen LogP contribution >= 0.6 is 11.6 Å². The number of amides is 1. The molecule has 1 saturated heterocycles. The SMILES string of the molecule is CC1CCN(C(=O)Cc2ccc([N+](=O)[O-])cc2Cl)C(CN)C1. The Hall–Kier alpha value is -1.66. The van der Waals surface area contributed by atoms with Gasteiger partial charge < -0.3 is 10.6 Å². The van der Waals surface area contributed by atoms with Gasteiger partial charge in [0.1, 0.15) is 0 Å². The number of piperidine rings is 1. The third-order valence-electron chi connectivity index (χ3n) is 4.16. The Balaban J connectivity index is 2.10. The van der Waals surface area contributed by atoms with Gasteiger partial charge in [0.2, 0.25) is 5.91 Å². The van der Waals surface area contributed by atoms with Gasteiger partial charge in [0.05, 0.1) is 16.4 Å². The lowest BCUT2D eigenvalue weighted by Gasteiger charge is -2.38. The summed E-state index contributed by atoms with van der Waals surface area (Å²) in [6.07, 6.45) is 2.02. The first-order valence-electron chi connectivity index (χ1n) is 7.34. The number of benzene rings is 1. The fourth-order valence-electron chi connectivity index (χ4n) is 2.86. The van der Waals surface area contributed by atoms with E-state index in [0.717, 1.165) is 12.8 Å². The first-order chi connectivity index (χ1) is 10.4. The minimum atomic E-state index is -0.506. The van der Waals surface area contributed by atoms with Crippen LogP contribution in [0.25, 0.3) is 0 Å². The molecule has 1 heterocycles. The van der Waals surface area contributed by atoms with Crippen LogP contribution in [0.3, 0.4) is 0 Å². The quantitative estimate of drug-likeness (QED) is 0.679. The minimum absolute atomic E-state index is 0.0295. The summed E-state index contributed by atoms with van der Waals surface area (Å²) in [6.45, 7) is 3.31. The molecule has 1 amide bonds. The van der Waals surface area contributed by atoms with Crippen LogP contribution in [-0.4, -0.2) is 34.9 Å². The van der Waals surface area contributed by atoms with E-state index in [2.05, 4.69) is 6.92 Å². The number of rotatable bonds is 4. The monoisotopic (exact) mass is 325 g/mol. The van der Waals surface area contributed by atoms with E-state index in [4.69, 9.17) is 17.3 Å². The van der Waals surface area contributed by atoms with E-state index in [1.54, 1.807) is 6.07 Å². The number of non-ortho nitro benzene ring substituents is 1. The summed E-state index contributed by atoms with van der Waals surface area (Å²) in [6, 6.07) is 4.26. The number of nitrogens with two attached hydrogens (primary N) is 1. The molecule has 1 fully saturated rings. The van der Waals surface area contributed by atoms with Crippen LogP contribution in [0.5, 0.6) is 0 Å². The molecule has 120 valence electrons. The Morgan fingerprint density at radius 1 is 1.55 bits per heavy atom. The molecular formula is C15H20ClN3O3. The second kappa shape index (κ2) is 7.07. The molecule has 1 aliphatic rings. The summed E-state index contributed by atoms with van der Waals surface area (Å²) in [5.74, 6) is 0.540. The number of likely N-dealkylation sites (tertiary alicyclic amines) is 1. The Bertz CT molecular complexity index is 579. The van der Waals surface area contributed by atoms with Crippen molar-refractivity contribution >= 4 is 23.2 Å². The van der Waals surface area contributed by atoms with Gasteiger partial charge >= 0.3 is 0 Å². The van der Waals surface area contributed by atoms with Crippen LogP contribution in [0, 0.1) is 16.0 Å². The third kappa shape index (κ3) is 3.75. The number of hydrogen-bond acceptors (Lipinski definition) is 4. The Kier molecular flexibility index (Phi) is 5.37. The van der Waals surface area contributed by atoms with Crippen molar-refractivity contribution in [3.63, 3.8) is 0 Å². The van der Waals surface area contributed by atoms with E-state index in [9.17, 15) is 14.9 Å². The summed E-state index contributed by atoms with van der Waals surface area (Å²) in [4.78, 5) is 24.5. The van der Waals surface area contributed by atoms with Crippen molar-refractivity contribution in [1.82, 2.24) is 4.90 Å². The molecule has 2 atom stereocenters. The predicted molar refractivity (Wildman–Crippen MR) is 84.8 cm³/mol. The van der Waals surface area contributed by atoms with Gasteiger partial charge in [-0.15, -0.1) is 0 Å². The molecular weight excluding hydrogens is 306 g/mol. The van der Waals surface area contributed by atoms with Gasteiger partial charge in [0.15, 0.2) is 0 Å². The lowest BCUT2D eigenvalue weighted by Crippen LogP contribution is -2.49. The molecule has 7 heteroatoms. The van der Waals surface area contributed by atoms with Crippen LogP contribution < -0.4 is 5.73 Å². The summed E-state index contributed by atoms with van der Waals surface area (Å²) in [5.41, 5.74) is 6.30. The van der Waals surface area contributed by atoms with Gasteiger partial charge in [0.25, 0.3) is 5.69 Å². The Morgan fingerprint density at radius 3 is 2.86 bits per heavy atom. The predicted octanol–water partition coefficient (Wildman–Crippen LogP) is 2.38. The maximum atomic E-state index is 12.5. The first-order valence-corrected chi connectivity index (χ1v) is 7.72. The normalized spacial score (nSPS) is 21.7. The smallest absolute Gasteiger partial charge is 0.270 e. The summed E-state index contributed by atoms with van der Waals surface area (Å²) in [5, 5.41) is 11.0. The Morgan fingerprint density at radius 2 is 2.27 bits per heavy atom. The molecule has 0 radical (unpaired) electrons. The highest BCUT2D eigenvalue weighted by Gasteiger charge is 2.29. The highest BCUT2D eigenvalue weighted by Crippen LogP contribution is 2.26. The summed E-state index contributed by atoms with van der Waals surface area (Å²) >= 11 is 6.05. The molecule has 1 aliphatic heterocycles. The van der Waals surface area contributed by atoms with Crippen LogP contribution in [0.4, 0.5) is 5.69 Å². The lowest BCUT2D eigenvalue weighted by atomic mass is 9.92. The number of carbonyl (C=O) groups excluding carboxylic acids is 1. The zero-order valence-corrected chi connectivity index (χ0v) is 13.3. The van der Waals surface area contributed by atoms with Crippen molar-refractivity contribution in [1.29, 1.82) is 0 Å². The number of carbonyl (C=O) groups is 1. The number of hydrogen-bond donors (Lipinski definition) is 1. The lowest BCUT2D eigenvalue weighted by molar-refractivity contribution is -0.384. The third-order valence-corrected chi connectivity index (χ3v) is 4.51. The van der Waals surface area contributed by atoms with E-state index in [1.807, 2.05) is 4.90 Å². The van der Waals surface area contributed by atoms with E-state index < -0.39 is 4.92 Å². The summed E-state index contributed by atoms with van der Waals surface area (Å²) in [7, 11) is 0. The van der Waals surface area contributed by atoms with E-state index in [0.29, 0.717) is 24.6 Å². The molecule has 6 nitrogen and oxygen atoms in total. The van der Waals surface area contributed by atoms with Gasteiger partial charge in [-0.25, -0.2) is 0 Å². The highest BCUT2D eigenvalue weighted by molar-refractivity contribution is 6.31. The molecule has 0 saturated carbocycles. The fraction of sp³-hybridized carbons (Fsp3) is 0.533. The maximum absolute atomic E-state index is 12.5. The topological polar surface area (TPSA) is 89.5 Å². The van der Waals surface area contributed by atoms with Crippen LogP contribution in [0.1, 0.15) is 25.3 Å². The van der Waals surface area contributed by atoms with E-state index in [1.165, 1.54) is 12.1 Å². The first kappa shape index (κ1) is 16.7. The molecule has 2 rings (SSSR count). The molecule has 2 N–H and O–H groups in total. The van der Waals surface area contributed by atoms with Gasteiger partial charge in [-0.05, 0) is 24.3 Å².